The lowest BCUT2D eigenvalue weighted by atomic mass is 10.1. The minimum absolute atomic E-state index is 0.523. The van der Waals surface area contributed by atoms with Crippen LogP contribution in [0.25, 0.3) is 11.3 Å². The maximum absolute atomic E-state index is 5.85. The van der Waals surface area contributed by atoms with Crippen LogP contribution >= 0.6 is 11.6 Å². The van der Waals surface area contributed by atoms with E-state index < -0.39 is 0 Å². The molecule has 2 rings (SSSR count). The Bertz CT molecular complexity index is 492. The van der Waals surface area contributed by atoms with Gasteiger partial charge >= 0.3 is 0 Å². The van der Waals surface area contributed by atoms with E-state index in [4.69, 9.17) is 17.3 Å². The lowest BCUT2D eigenvalue weighted by Crippen LogP contribution is -1.99. The van der Waals surface area contributed by atoms with Crippen molar-refractivity contribution in [2.24, 2.45) is 5.73 Å². The minimum atomic E-state index is 0.523. The summed E-state index contributed by atoms with van der Waals surface area (Å²) in [6.45, 7) is 2.56. The second-order valence-corrected chi connectivity index (χ2v) is 4.16. The highest BCUT2D eigenvalue weighted by molar-refractivity contribution is 6.30. The van der Waals surface area contributed by atoms with Crippen LogP contribution in [0.15, 0.2) is 36.5 Å². The van der Waals surface area contributed by atoms with Gasteiger partial charge in [0, 0.05) is 23.3 Å². The fraction of sp³-hybridized carbons (Fsp3) is 0.154. The van der Waals surface area contributed by atoms with Gasteiger partial charge in [-0.05, 0) is 30.2 Å². The summed E-state index contributed by atoms with van der Waals surface area (Å²) in [7, 11) is 0. The fourth-order valence-corrected chi connectivity index (χ4v) is 1.78. The predicted molar refractivity (Wildman–Crippen MR) is 67.3 cm³/mol. The van der Waals surface area contributed by atoms with Crippen molar-refractivity contribution in [3.63, 3.8) is 0 Å². The van der Waals surface area contributed by atoms with E-state index in [1.165, 1.54) is 0 Å². The number of pyridine rings is 1. The fourth-order valence-electron chi connectivity index (χ4n) is 1.65. The summed E-state index contributed by atoms with van der Waals surface area (Å²) in [5, 5.41) is 0.736. The lowest BCUT2D eigenvalue weighted by Gasteiger charge is -2.06. The number of benzene rings is 1. The molecule has 0 aliphatic heterocycles. The number of nitrogens with two attached hydrogens (primary N) is 1. The zero-order valence-electron chi connectivity index (χ0n) is 9.07. The van der Waals surface area contributed by atoms with Crippen LogP contribution in [0.5, 0.6) is 0 Å². The number of halogens is 1. The summed E-state index contributed by atoms with van der Waals surface area (Å²) in [5.41, 5.74) is 9.81. The second kappa shape index (κ2) is 4.64. The van der Waals surface area contributed by atoms with Gasteiger partial charge in [0.2, 0.25) is 0 Å². The molecule has 82 valence electrons. The first-order chi connectivity index (χ1) is 7.70. The molecule has 2 nitrogen and oxygen atoms in total. The Balaban J connectivity index is 2.44. The van der Waals surface area contributed by atoms with Gasteiger partial charge in [-0.3, -0.25) is 4.98 Å². The number of aromatic nitrogens is 1. The molecule has 0 saturated carbocycles. The van der Waals surface area contributed by atoms with Crippen molar-refractivity contribution in [2.75, 3.05) is 0 Å². The first-order valence-electron chi connectivity index (χ1n) is 5.12. The van der Waals surface area contributed by atoms with E-state index in [0.717, 1.165) is 27.4 Å². The molecule has 1 heterocycles. The van der Waals surface area contributed by atoms with Crippen molar-refractivity contribution in [2.45, 2.75) is 13.5 Å². The van der Waals surface area contributed by atoms with E-state index in [1.54, 1.807) is 0 Å². The predicted octanol–water partition coefficient (Wildman–Crippen LogP) is 3.17. The van der Waals surface area contributed by atoms with E-state index in [9.17, 15) is 0 Å². The van der Waals surface area contributed by atoms with Crippen LogP contribution in [0, 0.1) is 6.92 Å². The first-order valence-corrected chi connectivity index (χ1v) is 5.50. The van der Waals surface area contributed by atoms with Crippen LogP contribution in [-0.4, -0.2) is 4.98 Å². The van der Waals surface area contributed by atoms with E-state index in [2.05, 4.69) is 11.1 Å². The van der Waals surface area contributed by atoms with Crippen molar-refractivity contribution in [1.82, 2.24) is 4.98 Å². The van der Waals surface area contributed by atoms with Crippen molar-refractivity contribution >= 4 is 11.6 Å². The van der Waals surface area contributed by atoms with Crippen LogP contribution in [-0.2, 0) is 6.54 Å². The molecule has 1 aromatic carbocycles. The second-order valence-electron chi connectivity index (χ2n) is 3.72. The monoisotopic (exact) mass is 232 g/mol. The van der Waals surface area contributed by atoms with Gasteiger partial charge < -0.3 is 5.73 Å². The minimum Gasteiger partial charge on any atom is -0.326 e. The molecule has 0 atom stereocenters. The largest absolute Gasteiger partial charge is 0.326 e. The maximum atomic E-state index is 5.85. The maximum Gasteiger partial charge on any atom is 0.0731 e. The van der Waals surface area contributed by atoms with Gasteiger partial charge in [-0.1, -0.05) is 29.8 Å². The van der Waals surface area contributed by atoms with Crippen molar-refractivity contribution in [3.8, 4) is 11.3 Å². The Morgan fingerprint density at radius 2 is 1.94 bits per heavy atom. The number of aryl methyl sites for hydroxylation is 1. The molecule has 0 bridgehead atoms. The summed E-state index contributed by atoms with van der Waals surface area (Å²) in [6, 6.07) is 9.75. The van der Waals surface area contributed by atoms with Gasteiger partial charge in [-0.15, -0.1) is 0 Å². The highest BCUT2D eigenvalue weighted by Gasteiger charge is 2.04. The van der Waals surface area contributed by atoms with E-state index >= 15 is 0 Å². The van der Waals surface area contributed by atoms with Gasteiger partial charge in [0.15, 0.2) is 0 Å². The molecular weight excluding hydrogens is 220 g/mol. The Kier molecular flexibility index (Phi) is 3.22. The third kappa shape index (κ3) is 2.23. The van der Waals surface area contributed by atoms with Gasteiger partial charge in [0.05, 0.1) is 5.69 Å². The summed E-state index contributed by atoms with van der Waals surface area (Å²) in [4.78, 5) is 4.43. The van der Waals surface area contributed by atoms with Crippen molar-refractivity contribution < 1.29 is 0 Å². The van der Waals surface area contributed by atoms with Crippen LogP contribution in [0.1, 0.15) is 11.1 Å². The Morgan fingerprint density at radius 1 is 1.25 bits per heavy atom. The molecule has 0 unspecified atom stereocenters. The Morgan fingerprint density at radius 3 is 2.50 bits per heavy atom. The molecule has 3 heteroatoms. The molecule has 0 saturated heterocycles. The first kappa shape index (κ1) is 11.1. The van der Waals surface area contributed by atoms with E-state index in [1.807, 2.05) is 37.4 Å². The molecule has 0 amide bonds. The van der Waals surface area contributed by atoms with Crippen LogP contribution in [0.2, 0.25) is 5.02 Å². The standard InChI is InChI=1S/C13H13ClN2/c1-9-6-10(7-15)8-16-13(9)11-2-4-12(14)5-3-11/h2-6,8H,7,15H2,1H3. The lowest BCUT2D eigenvalue weighted by molar-refractivity contribution is 1.04. The average molecular weight is 233 g/mol. The normalized spacial score (nSPS) is 10.4. The van der Waals surface area contributed by atoms with Crippen LogP contribution in [0.4, 0.5) is 0 Å². The number of hydrogen-bond acceptors (Lipinski definition) is 2. The van der Waals surface area contributed by atoms with Gasteiger partial charge in [-0.2, -0.15) is 0 Å². The van der Waals surface area contributed by atoms with Crippen LogP contribution in [0.3, 0.4) is 0 Å². The zero-order chi connectivity index (χ0) is 11.5. The molecule has 2 N–H and O–H groups in total. The molecule has 0 spiro atoms. The molecule has 0 fully saturated rings. The van der Waals surface area contributed by atoms with E-state index in [-0.39, 0.29) is 0 Å². The van der Waals surface area contributed by atoms with E-state index in [0.29, 0.717) is 6.54 Å². The zero-order valence-corrected chi connectivity index (χ0v) is 9.83. The highest BCUT2D eigenvalue weighted by Crippen LogP contribution is 2.23. The number of hydrogen-bond donors (Lipinski definition) is 1. The highest BCUT2D eigenvalue weighted by atomic mass is 35.5. The quantitative estimate of drug-likeness (QED) is 0.864. The molecule has 0 aliphatic carbocycles. The third-order valence-corrected chi connectivity index (χ3v) is 2.74. The third-order valence-electron chi connectivity index (χ3n) is 2.49. The Labute approximate surface area is 100 Å². The van der Waals surface area contributed by atoms with Gasteiger partial charge in [0.1, 0.15) is 0 Å². The van der Waals surface area contributed by atoms with Crippen molar-refractivity contribution in [3.05, 3.63) is 52.7 Å². The van der Waals surface area contributed by atoms with Gasteiger partial charge in [-0.25, -0.2) is 0 Å². The summed E-state index contributed by atoms with van der Waals surface area (Å²) in [6.07, 6.45) is 1.82. The van der Waals surface area contributed by atoms with Crippen LogP contribution < -0.4 is 5.73 Å². The average Bonchev–Trinajstić information content (AvgIpc) is 2.30. The Hall–Kier alpha value is -1.38. The summed E-state index contributed by atoms with van der Waals surface area (Å²) >= 11 is 5.85. The molecule has 16 heavy (non-hydrogen) atoms. The molecule has 0 aliphatic rings. The molecule has 0 radical (unpaired) electrons. The number of rotatable bonds is 2. The van der Waals surface area contributed by atoms with Crippen molar-refractivity contribution in [1.29, 1.82) is 0 Å². The number of nitrogens with zero attached hydrogens (tertiary/aromatic N) is 1. The SMILES string of the molecule is Cc1cc(CN)cnc1-c1ccc(Cl)cc1. The smallest absolute Gasteiger partial charge is 0.0731 e. The summed E-state index contributed by atoms with van der Waals surface area (Å²) in [5.74, 6) is 0. The summed E-state index contributed by atoms with van der Waals surface area (Å²) < 4.78 is 0. The topological polar surface area (TPSA) is 38.9 Å². The molecular formula is C13H13ClN2. The van der Waals surface area contributed by atoms with Gasteiger partial charge in [0.25, 0.3) is 0 Å². The molecule has 2 aromatic rings. The molecule has 1 aromatic heterocycles.